The third kappa shape index (κ3) is 5.65. The summed E-state index contributed by atoms with van der Waals surface area (Å²) in [5.74, 6) is 0.411. The molecule has 1 atom stereocenters. The molecule has 1 aliphatic carbocycles. The lowest BCUT2D eigenvalue weighted by Crippen LogP contribution is -2.48. The fourth-order valence-corrected chi connectivity index (χ4v) is 3.10. The molecule has 0 aliphatic heterocycles. The first-order chi connectivity index (χ1) is 10.1. The average molecular weight is 297 g/mol. The Balaban J connectivity index is 2.23. The van der Waals surface area contributed by atoms with E-state index in [0.29, 0.717) is 13.1 Å². The fourth-order valence-electron chi connectivity index (χ4n) is 3.10. The molecule has 2 N–H and O–H groups in total. The van der Waals surface area contributed by atoms with Crippen LogP contribution in [0.5, 0.6) is 0 Å². The summed E-state index contributed by atoms with van der Waals surface area (Å²) < 4.78 is 0. The molecule has 1 rings (SSSR count). The van der Waals surface area contributed by atoms with Gasteiger partial charge in [0.2, 0.25) is 11.8 Å². The van der Waals surface area contributed by atoms with E-state index in [4.69, 9.17) is 0 Å². The van der Waals surface area contributed by atoms with Crippen LogP contribution in [0.1, 0.15) is 52.9 Å². The van der Waals surface area contributed by atoms with Crippen LogP contribution in [0.4, 0.5) is 0 Å². The summed E-state index contributed by atoms with van der Waals surface area (Å²) in [5.41, 5.74) is 0. The Bertz CT molecular complexity index is 323. The lowest BCUT2D eigenvalue weighted by molar-refractivity contribution is -0.127. The average Bonchev–Trinajstić information content (AvgIpc) is 3.02. The van der Waals surface area contributed by atoms with E-state index in [0.717, 1.165) is 45.2 Å². The molecule has 122 valence electrons. The topological polar surface area (TPSA) is 61.4 Å². The summed E-state index contributed by atoms with van der Waals surface area (Å²) in [6.07, 6.45) is 5.16. The van der Waals surface area contributed by atoms with Crippen molar-refractivity contribution in [2.75, 3.05) is 26.2 Å². The summed E-state index contributed by atoms with van der Waals surface area (Å²) in [7, 11) is 0. The molecule has 5 nitrogen and oxygen atoms in total. The predicted octanol–water partition coefficient (Wildman–Crippen LogP) is 1.53. The van der Waals surface area contributed by atoms with Gasteiger partial charge in [0.05, 0.1) is 6.04 Å². The second kappa shape index (κ2) is 9.77. The van der Waals surface area contributed by atoms with Crippen LogP contribution in [0, 0.1) is 5.92 Å². The van der Waals surface area contributed by atoms with Crippen molar-refractivity contribution in [2.24, 2.45) is 5.92 Å². The van der Waals surface area contributed by atoms with Crippen LogP contribution in [0.25, 0.3) is 0 Å². The highest BCUT2D eigenvalue weighted by Gasteiger charge is 2.23. The number of rotatable bonds is 9. The summed E-state index contributed by atoms with van der Waals surface area (Å²) in [6, 6.07) is -0.0643. The van der Waals surface area contributed by atoms with Crippen molar-refractivity contribution in [3.8, 4) is 0 Å². The predicted molar refractivity (Wildman–Crippen MR) is 85.0 cm³/mol. The van der Waals surface area contributed by atoms with E-state index in [-0.39, 0.29) is 23.8 Å². The van der Waals surface area contributed by atoms with Crippen LogP contribution >= 0.6 is 0 Å². The van der Waals surface area contributed by atoms with Gasteiger partial charge in [0.25, 0.3) is 0 Å². The number of hydrogen-bond donors (Lipinski definition) is 2. The van der Waals surface area contributed by atoms with Crippen LogP contribution < -0.4 is 10.6 Å². The quantitative estimate of drug-likeness (QED) is 0.635. The van der Waals surface area contributed by atoms with Crippen LogP contribution in [-0.4, -0.2) is 48.9 Å². The Morgan fingerprint density at radius 3 is 2.14 bits per heavy atom. The lowest BCUT2D eigenvalue weighted by Gasteiger charge is -2.27. The number of nitrogens with zero attached hydrogens (tertiary/aromatic N) is 1. The maximum absolute atomic E-state index is 12.2. The Morgan fingerprint density at radius 2 is 1.62 bits per heavy atom. The van der Waals surface area contributed by atoms with Crippen molar-refractivity contribution in [2.45, 2.75) is 58.9 Å². The Labute approximate surface area is 128 Å². The van der Waals surface area contributed by atoms with Gasteiger partial charge in [-0.1, -0.05) is 33.6 Å². The molecule has 2 amide bonds. The van der Waals surface area contributed by atoms with Crippen LogP contribution in [0.2, 0.25) is 0 Å². The van der Waals surface area contributed by atoms with E-state index in [9.17, 15) is 9.59 Å². The van der Waals surface area contributed by atoms with Gasteiger partial charge in [0.15, 0.2) is 0 Å². The zero-order chi connectivity index (χ0) is 15.7. The number of amides is 2. The highest BCUT2D eigenvalue weighted by molar-refractivity contribution is 5.82. The second-order valence-electron chi connectivity index (χ2n) is 5.71. The number of carbonyl (C=O) groups excluding carboxylic acids is 2. The van der Waals surface area contributed by atoms with Gasteiger partial charge >= 0.3 is 0 Å². The molecule has 1 aliphatic rings. The zero-order valence-electron chi connectivity index (χ0n) is 13.8. The summed E-state index contributed by atoms with van der Waals surface area (Å²) in [5, 5.41) is 5.86. The number of carbonyl (C=O) groups is 2. The van der Waals surface area contributed by atoms with Gasteiger partial charge in [-0.05, 0) is 32.4 Å². The maximum atomic E-state index is 12.2. The van der Waals surface area contributed by atoms with Crippen LogP contribution in [0.15, 0.2) is 0 Å². The third-order valence-corrected chi connectivity index (χ3v) is 4.39. The van der Waals surface area contributed by atoms with Gasteiger partial charge in [-0.15, -0.1) is 0 Å². The van der Waals surface area contributed by atoms with Gasteiger partial charge in [-0.2, -0.15) is 0 Å². The van der Waals surface area contributed by atoms with Gasteiger partial charge in [0, 0.05) is 19.0 Å². The molecule has 0 saturated heterocycles. The van der Waals surface area contributed by atoms with Crippen LogP contribution in [0.3, 0.4) is 0 Å². The molecule has 0 aromatic rings. The molecule has 0 heterocycles. The first-order valence-electron chi connectivity index (χ1n) is 8.43. The smallest absolute Gasteiger partial charge is 0.237 e. The maximum Gasteiger partial charge on any atom is 0.237 e. The van der Waals surface area contributed by atoms with E-state index in [1.54, 1.807) is 0 Å². The van der Waals surface area contributed by atoms with Crippen LogP contribution in [-0.2, 0) is 9.59 Å². The SMILES string of the molecule is CC[C@H](C(=O)NCCNC(=O)C1CCCC1)N(CC)CC. The second-order valence-corrected chi connectivity index (χ2v) is 5.71. The molecule has 1 fully saturated rings. The van der Waals surface area contributed by atoms with Gasteiger partial charge in [-0.3, -0.25) is 14.5 Å². The molecular weight excluding hydrogens is 266 g/mol. The molecule has 21 heavy (non-hydrogen) atoms. The van der Waals surface area contributed by atoms with E-state index in [2.05, 4.69) is 29.4 Å². The fraction of sp³-hybridized carbons (Fsp3) is 0.875. The molecular formula is C16H31N3O2. The van der Waals surface area contributed by atoms with E-state index in [1.165, 1.54) is 0 Å². The Hall–Kier alpha value is -1.10. The minimum Gasteiger partial charge on any atom is -0.354 e. The van der Waals surface area contributed by atoms with Gasteiger partial charge in [0.1, 0.15) is 0 Å². The zero-order valence-corrected chi connectivity index (χ0v) is 13.8. The third-order valence-electron chi connectivity index (χ3n) is 4.39. The summed E-state index contributed by atoms with van der Waals surface area (Å²) >= 11 is 0. The first-order valence-corrected chi connectivity index (χ1v) is 8.43. The van der Waals surface area contributed by atoms with Gasteiger partial charge < -0.3 is 10.6 Å². The van der Waals surface area contributed by atoms with Crippen molar-refractivity contribution in [1.29, 1.82) is 0 Å². The molecule has 0 bridgehead atoms. The number of hydrogen-bond acceptors (Lipinski definition) is 3. The normalized spacial score (nSPS) is 17.0. The standard InChI is InChI=1S/C16H31N3O2/c1-4-14(19(5-2)6-3)16(21)18-12-11-17-15(20)13-9-7-8-10-13/h13-14H,4-12H2,1-3H3,(H,17,20)(H,18,21)/t14-/m1/s1. The van der Waals surface area contributed by atoms with Gasteiger partial charge in [-0.25, -0.2) is 0 Å². The van der Waals surface area contributed by atoms with Crippen molar-refractivity contribution in [1.82, 2.24) is 15.5 Å². The molecule has 0 unspecified atom stereocenters. The number of likely N-dealkylation sites (N-methyl/N-ethyl adjacent to an activating group) is 1. The van der Waals surface area contributed by atoms with Crippen molar-refractivity contribution in [3.05, 3.63) is 0 Å². The minimum absolute atomic E-state index is 0.0643. The van der Waals surface area contributed by atoms with E-state index in [1.807, 2.05) is 6.92 Å². The lowest BCUT2D eigenvalue weighted by atomic mass is 10.1. The molecule has 1 saturated carbocycles. The Kier molecular flexibility index (Phi) is 8.35. The highest BCUT2D eigenvalue weighted by Crippen LogP contribution is 2.24. The van der Waals surface area contributed by atoms with Crippen molar-refractivity contribution >= 4 is 11.8 Å². The molecule has 0 aromatic heterocycles. The van der Waals surface area contributed by atoms with E-state index >= 15 is 0 Å². The molecule has 0 radical (unpaired) electrons. The van der Waals surface area contributed by atoms with Crippen molar-refractivity contribution in [3.63, 3.8) is 0 Å². The summed E-state index contributed by atoms with van der Waals surface area (Å²) in [4.78, 5) is 26.2. The minimum atomic E-state index is -0.0643. The van der Waals surface area contributed by atoms with E-state index < -0.39 is 0 Å². The molecule has 0 aromatic carbocycles. The monoisotopic (exact) mass is 297 g/mol. The highest BCUT2D eigenvalue weighted by atomic mass is 16.2. The largest absolute Gasteiger partial charge is 0.354 e. The first kappa shape index (κ1) is 18.0. The Morgan fingerprint density at radius 1 is 1.05 bits per heavy atom. The van der Waals surface area contributed by atoms with Crippen molar-refractivity contribution < 1.29 is 9.59 Å². The molecule has 5 heteroatoms. The summed E-state index contributed by atoms with van der Waals surface area (Å²) in [6.45, 7) is 8.96. The molecule has 0 spiro atoms. The number of nitrogens with one attached hydrogen (secondary N) is 2.